The van der Waals surface area contributed by atoms with E-state index < -0.39 is 58.5 Å². The molecule has 2 aromatic carbocycles. The minimum absolute atomic E-state index is 0.0572. The van der Waals surface area contributed by atoms with Crippen LogP contribution >= 0.6 is 0 Å². The number of amides is 5. The molecule has 0 heterocycles. The van der Waals surface area contributed by atoms with E-state index in [2.05, 4.69) is 15.6 Å². The third-order valence-electron chi connectivity index (χ3n) is 7.73. The molecule has 17 nitrogen and oxygen atoms in total. The van der Waals surface area contributed by atoms with E-state index in [1.54, 1.807) is 152 Å². The third-order valence-corrected chi connectivity index (χ3v) is 7.73. The Morgan fingerprint density at radius 2 is 0.794 bits per heavy atom. The quantitative estimate of drug-likeness (QED) is 0.100. The number of hydrogen-bond acceptors (Lipinski definition) is 12. The summed E-state index contributed by atoms with van der Waals surface area (Å²) >= 11 is 0. The molecule has 17 heteroatoms. The Hall–Kier alpha value is -6.00. The summed E-state index contributed by atoms with van der Waals surface area (Å²) < 4.78 is 27.7. The highest BCUT2D eigenvalue weighted by Gasteiger charge is 2.35. The number of aliphatic imine (C=N–C) groups is 1. The third kappa shape index (κ3) is 21.6. The molecule has 0 saturated carbocycles. The zero-order valence-corrected chi connectivity index (χ0v) is 39.8. The first-order chi connectivity index (χ1) is 28.7. The van der Waals surface area contributed by atoms with E-state index in [0.717, 1.165) is 20.9 Å². The van der Waals surface area contributed by atoms with Crippen LogP contribution in [0.25, 0.3) is 0 Å². The van der Waals surface area contributed by atoms with E-state index >= 15 is 0 Å². The number of rotatable bonds is 10. The topological polar surface area (TPSA) is 222 Å². The number of benzene rings is 2. The molecule has 0 aliphatic carbocycles. The van der Waals surface area contributed by atoms with Crippen LogP contribution in [-0.2, 0) is 36.5 Å². The first kappa shape index (κ1) is 53.1. The highest BCUT2D eigenvalue weighted by atomic mass is 16.6. The molecule has 63 heavy (non-hydrogen) atoms. The molecule has 348 valence electrons. The Kier molecular flexibility index (Phi) is 18.5. The van der Waals surface area contributed by atoms with E-state index in [1.807, 2.05) is 0 Å². The highest BCUT2D eigenvalue weighted by Crippen LogP contribution is 2.20. The Labute approximate surface area is 372 Å². The van der Waals surface area contributed by atoms with Gasteiger partial charge in [0.05, 0.1) is 0 Å². The van der Waals surface area contributed by atoms with Crippen LogP contribution in [0, 0.1) is 10.8 Å². The van der Waals surface area contributed by atoms with Crippen LogP contribution in [0.5, 0.6) is 0 Å². The number of amidine groups is 2. The fraction of sp³-hybridized carbons (Fsp3) is 0.565. The molecule has 0 fully saturated rings. The van der Waals surface area contributed by atoms with Crippen LogP contribution in [0.4, 0.5) is 24.0 Å². The summed E-state index contributed by atoms with van der Waals surface area (Å²) in [6.07, 6.45) is -2.82. The second-order valence-corrected chi connectivity index (χ2v) is 19.8. The summed E-state index contributed by atoms with van der Waals surface area (Å²) in [5.74, 6) is -0.619. The number of alkyl carbamates (subject to hydrolysis) is 2. The number of ether oxygens (including phenoxy) is 5. The Morgan fingerprint density at radius 1 is 0.492 bits per heavy atom. The summed E-state index contributed by atoms with van der Waals surface area (Å²) in [7, 11) is 0. The molecular weight excluding hydrogens is 811 g/mol. The lowest BCUT2D eigenvalue weighted by Gasteiger charge is -2.34. The monoisotopic (exact) mass is 880 g/mol. The molecular formula is C46H69N7O10. The van der Waals surface area contributed by atoms with Crippen molar-refractivity contribution >= 4 is 48.1 Å². The second-order valence-electron chi connectivity index (χ2n) is 19.8. The lowest BCUT2D eigenvalue weighted by Crippen LogP contribution is -2.53. The average Bonchev–Trinajstić information content (AvgIpc) is 3.07. The number of nitrogens with one attached hydrogen (secondary N) is 4. The van der Waals surface area contributed by atoms with Crippen LogP contribution in [0.1, 0.15) is 139 Å². The van der Waals surface area contributed by atoms with Crippen molar-refractivity contribution in [2.45, 2.75) is 158 Å². The van der Waals surface area contributed by atoms with E-state index in [1.165, 1.54) is 0 Å². The Balaban J connectivity index is 2.48. The maximum Gasteiger partial charge on any atom is 0.437 e. The molecule has 0 aliphatic heterocycles. The van der Waals surface area contributed by atoms with Gasteiger partial charge in [-0.05, 0) is 141 Å². The number of hydrogen-bond donors (Lipinski definition) is 4. The van der Waals surface area contributed by atoms with Gasteiger partial charge in [0.1, 0.15) is 39.7 Å². The fourth-order valence-corrected chi connectivity index (χ4v) is 5.33. The highest BCUT2D eigenvalue weighted by molar-refractivity contribution is 6.06. The number of guanidine groups is 1. The normalized spacial score (nSPS) is 11.9. The van der Waals surface area contributed by atoms with Crippen LogP contribution < -0.4 is 10.6 Å². The summed E-state index contributed by atoms with van der Waals surface area (Å²) in [5, 5.41) is 21.5. The number of nitrogens with zero attached hydrogens (tertiary/aromatic N) is 3. The molecule has 0 aliphatic rings. The van der Waals surface area contributed by atoms with Crippen molar-refractivity contribution in [3.8, 4) is 0 Å². The van der Waals surface area contributed by atoms with E-state index in [9.17, 15) is 24.0 Å². The van der Waals surface area contributed by atoms with Gasteiger partial charge in [0, 0.05) is 24.2 Å². The first-order valence-corrected chi connectivity index (χ1v) is 20.9. The lowest BCUT2D eigenvalue weighted by molar-refractivity contribution is 0.0271. The van der Waals surface area contributed by atoms with Gasteiger partial charge in [0.25, 0.3) is 0 Å². The van der Waals surface area contributed by atoms with Gasteiger partial charge in [0.15, 0.2) is 0 Å². The minimum Gasteiger partial charge on any atom is -0.444 e. The summed E-state index contributed by atoms with van der Waals surface area (Å²) in [5.41, 5.74) is -1.79. The van der Waals surface area contributed by atoms with Crippen LogP contribution in [-0.4, -0.2) is 99.0 Å². The predicted octanol–water partition coefficient (Wildman–Crippen LogP) is 9.72. The van der Waals surface area contributed by atoms with Crippen molar-refractivity contribution in [3.63, 3.8) is 0 Å². The molecule has 2 rings (SSSR count). The largest absolute Gasteiger partial charge is 0.444 e. The zero-order chi connectivity index (χ0) is 48.1. The fourth-order valence-electron chi connectivity index (χ4n) is 5.33. The first-order valence-electron chi connectivity index (χ1n) is 20.9. The van der Waals surface area contributed by atoms with E-state index in [0.29, 0.717) is 36.8 Å². The van der Waals surface area contributed by atoms with Crippen LogP contribution in [0.2, 0.25) is 0 Å². The Morgan fingerprint density at radius 3 is 1.08 bits per heavy atom. The average molecular weight is 880 g/mol. The van der Waals surface area contributed by atoms with Crippen molar-refractivity contribution < 1.29 is 47.7 Å². The van der Waals surface area contributed by atoms with Gasteiger partial charge < -0.3 is 23.7 Å². The number of carbonyl (C=O) groups excluding carboxylic acids is 5. The standard InChI is InChI=1S/C46H69N7O10/c1-42(2,3)59-37(54)49-34(47)32-24-20-30(21-25-32)18-16-28-52(40(57)62-45(10,11)12)36(51-39(56)61-44(7,8)9)53(41(58)63-46(13,14)15)29-17-19-31-22-26-33(27-23-31)35(48)50-38(55)60-43(4,5)6/h20-27H,16-19,28-29H2,1-15H3,(H2,47,49,54)(H2,48,50,55). The molecule has 0 radical (unpaired) electrons. The maximum atomic E-state index is 14.1. The number of aryl methyl sites for hydroxylation is 2. The van der Waals surface area contributed by atoms with Gasteiger partial charge in [0.2, 0.25) is 5.96 Å². The second kappa shape index (κ2) is 21.9. The zero-order valence-electron chi connectivity index (χ0n) is 39.8. The molecule has 0 bridgehead atoms. The van der Waals surface area contributed by atoms with E-state index in [4.69, 9.17) is 34.5 Å². The van der Waals surface area contributed by atoms with Crippen LogP contribution in [0.15, 0.2) is 53.5 Å². The molecule has 0 atom stereocenters. The molecule has 5 amide bonds. The van der Waals surface area contributed by atoms with Gasteiger partial charge in [-0.25, -0.2) is 33.8 Å². The van der Waals surface area contributed by atoms with Gasteiger partial charge in [-0.2, -0.15) is 0 Å². The molecule has 4 N–H and O–H groups in total. The summed E-state index contributed by atoms with van der Waals surface area (Å²) in [6.45, 7) is 25.4. The van der Waals surface area contributed by atoms with Crippen LogP contribution in [0.3, 0.4) is 0 Å². The van der Waals surface area contributed by atoms with Gasteiger partial charge in [-0.3, -0.25) is 21.5 Å². The van der Waals surface area contributed by atoms with Gasteiger partial charge >= 0.3 is 30.5 Å². The Bertz CT molecular complexity index is 1830. The SMILES string of the molecule is CC(C)(C)OC(=O)N=C(N(CCCc1ccc(C(=N)NC(=O)OC(C)(C)C)cc1)C(=O)OC(C)(C)C)N(CCCc1ccc(C(=N)NC(=O)OC(C)(C)C)cc1)C(=O)OC(C)(C)C. The van der Waals surface area contributed by atoms with Crippen molar-refractivity contribution in [1.82, 2.24) is 20.4 Å². The molecule has 0 spiro atoms. The summed E-state index contributed by atoms with van der Waals surface area (Å²) in [6, 6.07) is 13.9. The molecule has 0 unspecified atom stereocenters. The molecule has 2 aromatic rings. The molecule has 0 aromatic heterocycles. The van der Waals surface area contributed by atoms with Crippen molar-refractivity contribution in [2.24, 2.45) is 4.99 Å². The number of carbonyl (C=O) groups is 5. The minimum atomic E-state index is -1.05. The molecule has 0 saturated heterocycles. The maximum absolute atomic E-state index is 14.1. The lowest BCUT2D eigenvalue weighted by atomic mass is 10.1. The van der Waals surface area contributed by atoms with Gasteiger partial charge in [-0.15, -0.1) is 4.99 Å². The van der Waals surface area contributed by atoms with Gasteiger partial charge in [-0.1, -0.05) is 48.5 Å². The summed E-state index contributed by atoms with van der Waals surface area (Å²) in [4.78, 5) is 72.6. The smallest absolute Gasteiger partial charge is 0.437 e. The predicted molar refractivity (Wildman–Crippen MR) is 241 cm³/mol. The van der Waals surface area contributed by atoms with E-state index in [-0.39, 0.29) is 30.7 Å². The van der Waals surface area contributed by atoms with Crippen molar-refractivity contribution in [2.75, 3.05) is 13.1 Å². The van der Waals surface area contributed by atoms with Crippen molar-refractivity contribution in [1.29, 1.82) is 10.8 Å². The van der Waals surface area contributed by atoms with Crippen molar-refractivity contribution in [3.05, 3.63) is 70.8 Å².